The number of hydrogen-bond acceptors (Lipinski definition) is 4. The van der Waals surface area contributed by atoms with Gasteiger partial charge in [0.2, 0.25) is 0 Å². The van der Waals surface area contributed by atoms with E-state index in [1.807, 2.05) is 30.3 Å². The van der Waals surface area contributed by atoms with E-state index in [0.717, 1.165) is 37.7 Å². The van der Waals surface area contributed by atoms with Crippen molar-refractivity contribution in [3.8, 4) is 0 Å². The topological polar surface area (TPSA) is 106 Å². The van der Waals surface area contributed by atoms with Gasteiger partial charge in [0.1, 0.15) is 5.56 Å². The molecule has 31 heavy (non-hydrogen) atoms. The third-order valence-electron chi connectivity index (χ3n) is 5.75. The second kappa shape index (κ2) is 11.7. The van der Waals surface area contributed by atoms with Crippen LogP contribution in [0.4, 0.5) is 0 Å². The van der Waals surface area contributed by atoms with Crippen LogP contribution in [0, 0.1) is 5.92 Å². The first-order valence-corrected chi connectivity index (χ1v) is 10.5. The lowest BCUT2D eigenvalue weighted by atomic mass is 9.84. The van der Waals surface area contributed by atoms with Crippen molar-refractivity contribution in [2.24, 2.45) is 11.7 Å². The van der Waals surface area contributed by atoms with E-state index in [1.165, 1.54) is 23.9 Å². The summed E-state index contributed by atoms with van der Waals surface area (Å²) in [6.07, 6.45) is 6.71. The maximum Gasteiger partial charge on any atom is 0.263 e. The Labute approximate surface area is 188 Å². The maximum atomic E-state index is 12.8. The molecule has 0 aliphatic heterocycles. The van der Waals surface area contributed by atoms with Gasteiger partial charge < -0.3 is 20.9 Å². The maximum absolute atomic E-state index is 12.8. The van der Waals surface area contributed by atoms with Gasteiger partial charge in [0.15, 0.2) is 0 Å². The number of halogens is 1. The Morgan fingerprint density at radius 2 is 1.77 bits per heavy atom. The van der Waals surface area contributed by atoms with Gasteiger partial charge in [0.05, 0.1) is 12.1 Å². The molecule has 0 atom stereocenters. The summed E-state index contributed by atoms with van der Waals surface area (Å²) in [6, 6.07) is 11.1. The van der Waals surface area contributed by atoms with Gasteiger partial charge in [-0.05, 0) is 49.7 Å². The molecule has 3 rings (SSSR count). The lowest BCUT2D eigenvalue weighted by molar-refractivity contribution is 0.0949. The highest BCUT2D eigenvalue weighted by molar-refractivity contribution is 5.99. The van der Waals surface area contributed by atoms with Gasteiger partial charge >= 0.3 is 0 Å². The Morgan fingerprint density at radius 3 is 2.42 bits per heavy atom. The summed E-state index contributed by atoms with van der Waals surface area (Å²) in [5, 5.41) is 5.41. The predicted molar refractivity (Wildman–Crippen MR) is 124 cm³/mol. The molecule has 4 N–H and O–H groups in total. The Hall–Kier alpha value is -2.64. The highest BCUT2D eigenvalue weighted by Gasteiger charge is 2.20. The van der Waals surface area contributed by atoms with E-state index in [-0.39, 0.29) is 30.4 Å². The Balaban J connectivity index is 0.00000341. The monoisotopic (exact) mass is 446 g/mol. The van der Waals surface area contributed by atoms with E-state index in [4.69, 9.17) is 5.73 Å². The molecule has 1 heterocycles. The molecule has 0 radical (unpaired) electrons. The number of nitrogens with zero attached hydrogens (tertiary/aromatic N) is 1. The van der Waals surface area contributed by atoms with Gasteiger partial charge in [-0.2, -0.15) is 0 Å². The molecule has 168 valence electrons. The normalized spacial score (nSPS) is 18.0. The Bertz CT molecular complexity index is 938. The van der Waals surface area contributed by atoms with Crippen LogP contribution < -0.4 is 21.9 Å². The summed E-state index contributed by atoms with van der Waals surface area (Å²) >= 11 is 0. The summed E-state index contributed by atoms with van der Waals surface area (Å²) in [6.45, 7) is 0.846. The molecule has 7 nitrogen and oxygen atoms in total. The first-order chi connectivity index (χ1) is 14.5. The summed E-state index contributed by atoms with van der Waals surface area (Å²) in [5.74, 6) is -0.206. The van der Waals surface area contributed by atoms with E-state index >= 15 is 0 Å². The fourth-order valence-corrected chi connectivity index (χ4v) is 3.92. The average molecular weight is 447 g/mol. The molecule has 1 fully saturated rings. The minimum absolute atomic E-state index is 0. The predicted octanol–water partition coefficient (Wildman–Crippen LogP) is 2.32. The van der Waals surface area contributed by atoms with E-state index in [1.54, 1.807) is 0 Å². The van der Waals surface area contributed by atoms with Crippen molar-refractivity contribution in [2.45, 2.75) is 44.7 Å². The number of rotatable bonds is 7. The molecule has 0 saturated heterocycles. The summed E-state index contributed by atoms with van der Waals surface area (Å²) in [4.78, 5) is 37.7. The van der Waals surface area contributed by atoms with Crippen LogP contribution in [0.5, 0.6) is 0 Å². The molecular weight excluding hydrogens is 416 g/mol. The van der Waals surface area contributed by atoms with Crippen LogP contribution in [0.15, 0.2) is 47.4 Å². The summed E-state index contributed by atoms with van der Waals surface area (Å²) in [5.41, 5.74) is 6.70. The molecule has 0 spiro atoms. The first kappa shape index (κ1) is 24.6. The fourth-order valence-electron chi connectivity index (χ4n) is 3.92. The van der Waals surface area contributed by atoms with Gasteiger partial charge in [0.25, 0.3) is 17.4 Å². The van der Waals surface area contributed by atoms with Crippen LogP contribution in [0.2, 0.25) is 0 Å². The molecule has 1 aromatic heterocycles. The molecule has 1 saturated carbocycles. The van der Waals surface area contributed by atoms with Crippen LogP contribution in [0.3, 0.4) is 0 Å². The lowest BCUT2D eigenvalue weighted by Gasteiger charge is -2.26. The zero-order valence-corrected chi connectivity index (χ0v) is 18.6. The molecule has 8 heteroatoms. The minimum Gasteiger partial charge on any atom is -0.355 e. The molecule has 1 aromatic carbocycles. The number of pyridine rings is 1. The number of nitrogens with one attached hydrogen (secondary N) is 2. The number of benzene rings is 1. The molecular formula is C23H31ClN4O3. The van der Waals surface area contributed by atoms with Crippen molar-refractivity contribution in [2.75, 3.05) is 13.6 Å². The third kappa shape index (κ3) is 6.67. The summed E-state index contributed by atoms with van der Waals surface area (Å²) < 4.78 is 1.41. The van der Waals surface area contributed by atoms with Crippen LogP contribution in [0.1, 0.15) is 58.4 Å². The van der Waals surface area contributed by atoms with Gasteiger partial charge in [-0.3, -0.25) is 14.4 Å². The van der Waals surface area contributed by atoms with Crippen LogP contribution in [-0.2, 0) is 6.54 Å². The van der Waals surface area contributed by atoms with Crippen molar-refractivity contribution in [1.82, 2.24) is 15.2 Å². The quantitative estimate of drug-likeness (QED) is 0.606. The van der Waals surface area contributed by atoms with E-state index in [0.29, 0.717) is 24.1 Å². The molecule has 0 unspecified atom stereocenters. The van der Waals surface area contributed by atoms with Crippen molar-refractivity contribution < 1.29 is 9.59 Å². The van der Waals surface area contributed by atoms with Crippen LogP contribution in [-0.4, -0.2) is 36.0 Å². The molecule has 2 amide bonds. The SMILES string of the molecule is CNC(=O)c1cc(C(=O)NCCC2CCC(N)CC2)cn(Cc2ccccc2)c1=O.Cl. The third-order valence-corrected chi connectivity index (χ3v) is 5.75. The Kier molecular flexibility index (Phi) is 9.27. The van der Waals surface area contributed by atoms with Gasteiger partial charge in [-0.15, -0.1) is 12.4 Å². The van der Waals surface area contributed by atoms with Crippen molar-refractivity contribution >= 4 is 24.2 Å². The second-order valence-electron chi connectivity index (χ2n) is 7.97. The first-order valence-electron chi connectivity index (χ1n) is 10.5. The number of nitrogens with two attached hydrogens (primary N) is 1. The number of amides is 2. The zero-order valence-electron chi connectivity index (χ0n) is 17.8. The van der Waals surface area contributed by atoms with E-state index in [9.17, 15) is 14.4 Å². The van der Waals surface area contributed by atoms with Crippen LogP contribution >= 0.6 is 12.4 Å². The van der Waals surface area contributed by atoms with Crippen molar-refractivity contribution in [3.63, 3.8) is 0 Å². The number of hydrogen-bond donors (Lipinski definition) is 3. The fraction of sp³-hybridized carbons (Fsp3) is 0.435. The average Bonchev–Trinajstić information content (AvgIpc) is 2.76. The Morgan fingerprint density at radius 1 is 1.10 bits per heavy atom. The lowest BCUT2D eigenvalue weighted by Crippen LogP contribution is -2.34. The van der Waals surface area contributed by atoms with E-state index < -0.39 is 11.5 Å². The zero-order chi connectivity index (χ0) is 21.5. The molecule has 2 aromatic rings. The van der Waals surface area contributed by atoms with E-state index in [2.05, 4.69) is 10.6 Å². The highest BCUT2D eigenvalue weighted by Crippen LogP contribution is 2.25. The smallest absolute Gasteiger partial charge is 0.263 e. The number of aromatic nitrogens is 1. The summed E-state index contributed by atoms with van der Waals surface area (Å²) in [7, 11) is 1.46. The second-order valence-corrected chi connectivity index (χ2v) is 7.97. The minimum atomic E-state index is -0.505. The van der Waals surface area contributed by atoms with Crippen LogP contribution in [0.25, 0.3) is 0 Å². The number of carbonyl (C=O) groups is 2. The van der Waals surface area contributed by atoms with Gasteiger partial charge in [-0.1, -0.05) is 30.3 Å². The highest BCUT2D eigenvalue weighted by atomic mass is 35.5. The van der Waals surface area contributed by atoms with Gasteiger partial charge in [-0.25, -0.2) is 0 Å². The standard InChI is InChI=1S/C23H30N4O3.ClH/c1-25-22(29)20-13-18(15-27(23(20)30)14-17-5-3-2-4-6-17)21(28)26-12-11-16-7-9-19(24)10-8-16;/h2-6,13,15-16,19H,7-12,14,24H2,1H3,(H,25,29)(H,26,28);1H. The van der Waals surface area contributed by atoms with Crippen molar-refractivity contribution in [3.05, 3.63) is 69.6 Å². The molecule has 1 aliphatic rings. The molecule has 1 aliphatic carbocycles. The number of carbonyl (C=O) groups excluding carboxylic acids is 2. The largest absolute Gasteiger partial charge is 0.355 e. The van der Waals surface area contributed by atoms with Crippen molar-refractivity contribution in [1.29, 1.82) is 0 Å². The molecule has 0 bridgehead atoms. The van der Waals surface area contributed by atoms with Gasteiger partial charge in [0, 0.05) is 25.8 Å².